The van der Waals surface area contributed by atoms with Crippen LogP contribution in [0.1, 0.15) is 10.4 Å². The van der Waals surface area contributed by atoms with Gasteiger partial charge in [0.15, 0.2) is 0 Å². The van der Waals surface area contributed by atoms with E-state index < -0.39 is 0 Å². The fraction of sp³-hybridized carbons (Fsp3) is 0.0435. The van der Waals surface area contributed by atoms with Gasteiger partial charge in [0.2, 0.25) is 0 Å². The molecule has 0 radical (unpaired) electrons. The first-order valence-electron chi connectivity index (χ1n) is 9.52. The van der Waals surface area contributed by atoms with E-state index in [2.05, 4.69) is 30.9 Å². The van der Waals surface area contributed by atoms with Crippen molar-refractivity contribution >= 4 is 46.5 Å². The minimum absolute atomic E-state index is 0.144. The summed E-state index contributed by atoms with van der Waals surface area (Å²) in [4.78, 5) is 26.2. The molecule has 1 amide bonds. The summed E-state index contributed by atoms with van der Waals surface area (Å²) in [5.74, 6) is 1.83. The van der Waals surface area contributed by atoms with Crippen LogP contribution in [0.4, 0.5) is 28.8 Å². The largest absolute Gasteiger partial charge is 0.340 e. The summed E-state index contributed by atoms with van der Waals surface area (Å²) in [5.41, 5.74) is 2.17. The third-order valence-corrected chi connectivity index (χ3v) is 5.10. The van der Waals surface area contributed by atoms with Gasteiger partial charge in [-0.05, 0) is 66.9 Å². The number of hydrogen-bond acceptors (Lipinski definition) is 7. The Morgan fingerprint density at radius 2 is 1.48 bits per heavy atom. The monoisotopic (exact) mass is 428 g/mol. The number of rotatable bonds is 7. The summed E-state index contributed by atoms with van der Waals surface area (Å²) >= 11 is 1.64. The average molecular weight is 429 g/mol. The minimum Gasteiger partial charge on any atom is -0.340 e. The standard InChI is InChI=1S/C23H20N6OS/c1-31-19-11-5-16(6-12-19)23(30)28-18-9-7-17(8-10-18)27-21-14-22(26-15-25-21)29-20-4-2-3-13-24-20/h2-15H,1H3,(H,28,30)(H2,24,25,26,27,29). The van der Waals surface area contributed by atoms with Gasteiger partial charge in [0.25, 0.3) is 5.91 Å². The zero-order valence-electron chi connectivity index (χ0n) is 16.7. The number of carbonyl (C=O) groups excluding carboxylic acids is 1. The minimum atomic E-state index is -0.144. The lowest BCUT2D eigenvalue weighted by molar-refractivity contribution is 0.102. The quantitative estimate of drug-likeness (QED) is 0.343. The molecular weight excluding hydrogens is 408 g/mol. The lowest BCUT2D eigenvalue weighted by Gasteiger charge is -2.10. The third kappa shape index (κ3) is 5.58. The molecule has 0 atom stereocenters. The summed E-state index contributed by atoms with van der Waals surface area (Å²) in [5, 5.41) is 9.27. The van der Waals surface area contributed by atoms with Gasteiger partial charge < -0.3 is 16.0 Å². The molecule has 0 spiro atoms. The molecule has 0 aliphatic heterocycles. The van der Waals surface area contributed by atoms with Crippen LogP contribution in [0.25, 0.3) is 0 Å². The molecule has 3 N–H and O–H groups in total. The third-order valence-electron chi connectivity index (χ3n) is 4.36. The van der Waals surface area contributed by atoms with Crippen LogP contribution in [0.2, 0.25) is 0 Å². The summed E-state index contributed by atoms with van der Waals surface area (Å²) in [7, 11) is 0. The van der Waals surface area contributed by atoms with Crippen molar-refractivity contribution in [1.82, 2.24) is 15.0 Å². The van der Waals surface area contributed by atoms with Crippen LogP contribution in [-0.4, -0.2) is 27.1 Å². The second-order valence-corrected chi connectivity index (χ2v) is 7.39. The van der Waals surface area contributed by atoms with Gasteiger partial charge in [0.1, 0.15) is 23.8 Å². The molecule has 0 saturated carbocycles. The number of nitrogens with zero attached hydrogens (tertiary/aromatic N) is 3. The maximum Gasteiger partial charge on any atom is 0.255 e. The van der Waals surface area contributed by atoms with Crippen molar-refractivity contribution in [3.8, 4) is 0 Å². The van der Waals surface area contributed by atoms with E-state index in [9.17, 15) is 4.79 Å². The molecule has 4 aromatic rings. The molecular formula is C23H20N6OS. The molecule has 0 bridgehead atoms. The van der Waals surface area contributed by atoms with Crippen molar-refractivity contribution in [1.29, 1.82) is 0 Å². The molecule has 4 rings (SSSR count). The molecule has 154 valence electrons. The zero-order valence-corrected chi connectivity index (χ0v) is 17.6. The maximum atomic E-state index is 12.4. The number of carbonyl (C=O) groups is 1. The molecule has 2 aromatic carbocycles. The van der Waals surface area contributed by atoms with E-state index in [1.54, 1.807) is 24.0 Å². The highest BCUT2D eigenvalue weighted by Gasteiger charge is 2.07. The normalized spacial score (nSPS) is 10.4. The van der Waals surface area contributed by atoms with Crippen LogP contribution < -0.4 is 16.0 Å². The Balaban J connectivity index is 1.38. The van der Waals surface area contributed by atoms with E-state index in [0.29, 0.717) is 28.7 Å². The van der Waals surface area contributed by atoms with Crippen LogP contribution in [0, 0.1) is 0 Å². The van der Waals surface area contributed by atoms with Crippen molar-refractivity contribution < 1.29 is 4.79 Å². The summed E-state index contributed by atoms with van der Waals surface area (Å²) in [6.07, 6.45) is 5.19. The smallest absolute Gasteiger partial charge is 0.255 e. The fourth-order valence-corrected chi connectivity index (χ4v) is 3.20. The van der Waals surface area contributed by atoms with Gasteiger partial charge in [0.05, 0.1) is 0 Å². The van der Waals surface area contributed by atoms with Gasteiger partial charge in [-0.25, -0.2) is 15.0 Å². The lowest BCUT2D eigenvalue weighted by atomic mass is 10.2. The van der Waals surface area contributed by atoms with Gasteiger partial charge in [0, 0.05) is 34.1 Å². The number of pyridine rings is 1. The summed E-state index contributed by atoms with van der Waals surface area (Å²) in [6.45, 7) is 0. The maximum absolute atomic E-state index is 12.4. The van der Waals surface area contributed by atoms with Crippen molar-refractivity contribution in [2.24, 2.45) is 0 Å². The van der Waals surface area contributed by atoms with Crippen LogP contribution in [0.15, 0.2) is 90.2 Å². The van der Waals surface area contributed by atoms with Gasteiger partial charge in [-0.1, -0.05) is 6.07 Å². The Morgan fingerprint density at radius 1 is 0.774 bits per heavy atom. The summed E-state index contributed by atoms with van der Waals surface area (Å²) < 4.78 is 0. The van der Waals surface area contributed by atoms with E-state index in [1.807, 2.05) is 73.0 Å². The number of benzene rings is 2. The van der Waals surface area contributed by atoms with Crippen LogP contribution in [-0.2, 0) is 0 Å². The van der Waals surface area contributed by atoms with E-state index >= 15 is 0 Å². The second-order valence-electron chi connectivity index (χ2n) is 6.51. The molecule has 31 heavy (non-hydrogen) atoms. The Kier molecular flexibility index (Phi) is 6.39. The van der Waals surface area contributed by atoms with Gasteiger partial charge in [-0.2, -0.15) is 0 Å². The van der Waals surface area contributed by atoms with E-state index in [4.69, 9.17) is 0 Å². The Labute approximate surface area is 184 Å². The number of thioether (sulfide) groups is 1. The van der Waals surface area contributed by atoms with Crippen molar-refractivity contribution in [2.45, 2.75) is 4.90 Å². The molecule has 2 aromatic heterocycles. The van der Waals surface area contributed by atoms with E-state index in [1.165, 1.54) is 6.33 Å². The SMILES string of the molecule is CSc1ccc(C(=O)Nc2ccc(Nc3cc(Nc4ccccn4)ncn3)cc2)cc1. The highest BCUT2D eigenvalue weighted by Crippen LogP contribution is 2.21. The first kappa shape index (κ1) is 20.4. The molecule has 2 heterocycles. The van der Waals surface area contributed by atoms with Crippen molar-refractivity contribution in [2.75, 3.05) is 22.2 Å². The van der Waals surface area contributed by atoms with E-state index in [0.717, 1.165) is 10.6 Å². The highest BCUT2D eigenvalue weighted by molar-refractivity contribution is 7.98. The molecule has 0 saturated heterocycles. The van der Waals surface area contributed by atoms with Crippen molar-refractivity contribution in [3.63, 3.8) is 0 Å². The topological polar surface area (TPSA) is 91.8 Å². The number of nitrogens with one attached hydrogen (secondary N) is 3. The molecule has 0 fully saturated rings. The first-order chi connectivity index (χ1) is 15.2. The van der Waals surface area contributed by atoms with Gasteiger partial charge in [-0.3, -0.25) is 4.79 Å². The number of aromatic nitrogens is 3. The predicted octanol–water partition coefficient (Wildman–Crippen LogP) is 5.33. The van der Waals surface area contributed by atoms with E-state index in [-0.39, 0.29) is 5.91 Å². The molecule has 0 aliphatic rings. The van der Waals surface area contributed by atoms with Crippen LogP contribution >= 0.6 is 11.8 Å². The number of hydrogen-bond donors (Lipinski definition) is 3. The summed E-state index contributed by atoms with van der Waals surface area (Å²) in [6, 6.07) is 22.3. The van der Waals surface area contributed by atoms with Crippen LogP contribution in [0.3, 0.4) is 0 Å². The lowest BCUT2D eigenvalue weighted by Crippen LogP contribution is -2.11. The predicted molar refractivity (Wildman–Crippen MR) is 125 cm³/mol. The van der Waals surface area contributed by atoms with Crippen molar-refractivity contribution in [3.05, 3.63) is 90.9 Å². The molecule has 0 unspecified atom stereocenters. The van der Waals surface area contributed by atoms with Gasteiger partial charge >= 0.3 is 0 Å². The fourth-order valence-electron chi connectivity index (χ4n) is 2.79. The first-order valence-corrected chi connectivity index (χ1v) is 10.7. The second kappa shape index (κ2) is 9.73. The highest BCUT2D eigenvalue weighted by atomic mass is 32.2. The van der Waals surface area contributed by atoms with Gasteiger partial charge in [-0.15, -0.1) is 11.8 Å². The molecule has 8 heteroatoms. The van der Waals surface area contributed by atoms with Crippen LogP contribution in [0.5, 0.6) is 0 Å². The molecule has 7 nitrogen and oxygen atoms in total. The zero-order chi connectivity index (χ0) is 21.5. The Bertz CT molecular complexity index is 1150. The average Bonchev–Trinajstić information content (AvgIpc) is 2.81. The number of amides is 1. The molecule has 0 aliphatic carbocycles. The Hall–Kier alpha value is -3.91. The Morgan fingerprint density at radius 3 is 2.16 bits per heavy atom. The number of anilines is 5.